The van der Waals surface area contributed by atoms with Crippen molar-refractivity contribution in [1.82, 2.24) is 0 Å². The molecule has 0 aliphatic heterocycles. The second-order valence-corrected chi connectivity index (χ2v) is 2.68. The smallest absolute Gasteiger partial charge is 0.822 e. The van der Waals surface area contributed by atoms with E-state index in [1.165, 1.54) is 0 Å². The second-order valence-electron chi connectivity index (χ2n) is 0.894. The molecule has 0 amide bonds. The molecule has 0 aromatic heterocycles. The summed E-state index contributed by atoms with van der Waals surface area (Å²) in [6.45, 7) is 0. The van der Waals surface area contributed by atoms with Crippen LogP contribution in [0.15, 0.2) is 0 Å². The van der Waals surface area contributed by atoms with Crippen molar-refractivity contribution in [2.24, 2.45) is 0 Å². The molecule has 0 aliphatic rings. The summed E-state index contributed by atoms with van der Waals surface area (Å²) in [6.07, 6.45) is 0. The Bertz CT molecular complexity index is 135. The van der Waals surface area contributed by atoms with E-state index >= 15 is 0 Å². The van der Waals surface area contributed by atoms with Gasteiger partial charge in [0.25, 0.3) is 0 Å². The molecule has 0 aromatic rings. The van der Waals surface area contributed by atoms with E-state index in [1.54, 1.807) is 0 Å². The third-order valence-corrected chi connectivity index (χ3v) is 0. The summed E-state index contributed by atoms with van der Waals surface area (Å²) in [4.78, 5) is 51.3. The van der Waals surface area contributed by atoms with E-state index in [2.05, 4.69) is 0 Å². The molecule has 0 unspecified atom stereocenters. The predicted molar refractivity (Wildman–Crippen MR) is 39.2 cm³/mol. The Balaban J connectivity index is -0.0000000178. The molecular formula is CH4Ca3O8P2. The van der Waals surface area contributed by atoms with Crippen LogP contribution in [0, 0.1) is 0 Å². The maximum atomic E-state index is 8.55. The molecule has 0 aliphatic carbocycles. The van der Waals surface area contributed by atoms with Crippen molar-refractivity contribution in [2.75, 3.05) is 0 Å². The minimum Gasteiger partial charge on any atom is -0.822 e. The molecule has 0 fully saturated rings. The van der Waals surface area contributed by atoms with Crippen LogP contribution in [-0.2, 0) is 9.13 Å². The van der Waals surface area contributed by atoms with Gasteiger partial charge in [0, 0.05) is 0 Å². The second kappa shape index (κ2) is 17.0. The zero-order valence-corrected chi connectivity index (χ0v) is 14.7. The summed E-state index contributed by atoms with van der Waals surface area (Å²) < 4.78 is 17.1. The van der Waals surface area contributed by atoms with Crippen molar-refractivity contribution in [3.05, 3.63) is 0 Å². The monoisotopic (exact) mass is 326 g/mol. The van der Waals surface area contributed by atoms with Gasteiger partial charge in [-0.15, -0.1) is 0 Å². The van der Waals surface area contributed by atoms with E-state index in [1.807, 2.05) is 0 Å². The largest absolute Gasteiger partial charge is 2.00 e. The van der Waals surface area contributed by atoms with Gasteiger partial charge in [0.2, 0.25) is 0 Å². The molecule has 0 saturated carbocycles. The molecule has 0 saturated heterocycles. The Labute approximate surface area is 171 Å². The molecule has 13 heteroatoms. The molecule has 0 aromatic carbocycles. The van der Waals surface area contributed by atoms with Crippen LogP contribution in [-0.4, -0.2) is 113 Å². The minimum absolute atomic E-state index is 0. The van der Waals surface area contributed by atoms with E-state index < -0.39 is 15.6 Å². The molecule has 0 atom stereocenters. The summed E-state index contributed by atoms with van der Waals surface area (Å²) in [5.74, 6) is 0. The molecule has 0 spiro atoms. The van der Waals surface area contributed by atoms with Gasteiger partial charge in [-0.3, -0.25) is 0 Å². The Hall–Kier alpha value is 4.00. The van der Waals surface area contributed by atoms with Crippen molar-refractivity contribution in [3.8, 4) is 0 Å². The SMILES string of the molecule is C.O=P([O-])([O-])[O-].O=P([O-])([O-])[O-].[Ca+2].[Ca+2].[Ca+2]. The first-order valence-corrected chi connectivity index (χ1v) is 4.38. The zero-order chi connectivity index (χ0) is 9.00. The maximum absolute atomic E-state index is 8.55. The standard InChI is InChI=1S/CH4.3Ca.2H3O4P/c;;;;2*1-5(2,3)4/h1H4;;;;2*(H3,1,2,3,4)/q;3*+2;;/p-6. The predicted octanol–water partition coefficient (Wildman–Crippen LogP) is -6.16. The molecular weight excluding hydrogens is 322 g/mol. The van der Waals surface area contributed by atoms with Crippen LogP contribution in [0.5, 0.6) is 0 Å². The van der Waals surface area contributed by atoms with Crippen LogP contribution in [0.1, 0.15) is 7.43 Å². The molecule has 0 N–H and O–H groups in total. The van der Waals surface area contributed by atoms with E-state index in [0.29, 0.717) is 0 Å². The van der Waals surface area contributed by atoms with Gasteiger partial charge >= 0.3 is 113 Å². The van der Waals surface area contributed by atoms with Crippen LogP contribution >= 0.6 is 15.6 Å². The van der Waals surface area contributed by atoms with Gasteiger partial charge in [0.05, 0.1) is 0 Å². The van der Waals surface area contributed by atoms with Crippen molar-refractivity contribution in [1.29, 1.82) is 0 Å². The van der Waals surface area contributed by atoms with E-state index in [0.717, 1.165) is 0 Å². The van der Waals surface area contributed by atoms with Crippen molar-refractivity contribution in [2.45, 2.75) is 7.43 Å². The molecule has 14 heavy (non-hydrogen) atoms. The summed E-state index contributed by atoms with van der Waals surface area (Å²) in [5, 5.41) is 0. The third kappa shape index (κ3) is 225. The van der Waals surface area contributed by atoms with Gasteiger partial charge in [0.15, 0.2) is 0 Å². The van der Waals surface area contributed by atoms with Gasteiger partial charge in [-0.05, 0) is 0 Å². The maximum Gasteiger partial charge on any atom is 2.00 e. The fourth-order valence-electron chi connectivity index (χ4n) is 0. The van der Waals surface area contributed by atoms with Crippen LogP contribution < -0.4 is 29.4 Å². The summed E-state index contributed by atoms with van der Waals surface area (Å²) in [5.41, 5.74) is 0. The topological polar surface area (TPSA) is 172 Å². The third-order valence-electron chi connectivity index (χ3n) is 0. The average molecular weight is 326 g/mol. The van der Waals surface area contributed by atoms with Gasteiger partial charge < -0.3 is 38.5 Å². The van der Waals surface area contributed by atoms with Crippen molar-refractivity contribution >= 4 is 129 Å². The van der Waals surface area contributed by atoms with E-state index in [-0.39, 0.29) is 121 Å². The van der Waals surface area contributed by atoms with Crippen LogP contribution in [0.4, 0.5) is 0 Å². The fourth-order valence-corrected chi connectivity index (χ4v) is 0. The molecule has 8 nitrogen and oxygen atoms in total. The molecule has 0 radical (unpaired) electrons. The van der Waals surface area contributed by atoms with Crippen LogP contribution in [0.2, 0.25) is 0 Å². The number of hydrogen-bond donors (Lipinski definition) is 0. The minimum atomic E-state index is -5.39. The number of rotatable bonds is 0. The quantitative estimate of drug-likeness (QED) is 0.312. The van der Waals surface area contributed by atoms with Gasteiger partial charge in [-0.2, -0.15) is 15.6 Å². The zero-order valence-electron chi connectivity index (χ0n) is 6.28. The van der Waals surface area contributed by atoms with E-state index in [9.17, 15) is 0 Å². The van der Waals surface area contributed by atoms with Crippen LogP contribution in [0.25, 0.3) is 0 Å². The normalized spacial score (nSPS) is 8.43. The van der Waals surface area contributed by atoms with Gasteiger partial charge in [0.1, 0.15) is 0 Å². The molecule has 0 bridgehead atoms. The van der Waals surface area contributed by atoms with Crippen molar-refractivity contribution in [3.63, 3.8) is 0 Å². The Morgan fingerprint density at radius 3 is 0.571 bits per heavy atom. The molecule has 72 valence electrons. The Morgan fingerprint density at radius 2 is 0.571 bits per heavy atom. The first kappa shape index (κ1) is 36.1. The summed E-state index contributed by atoms with van der Waals surface area (Å²) in [6, 6.07) is 0. The fraction of sp³-hybridized carbons (Fsp3) is 1.00. The van der Waals surface area contributed by atoms with E-state index in [4.69, 9.17) is 38.5 Å². The van der Waals surface area contributed by atoms with Gasteiger partial charge in [-0.25, -0.2) is 0 Å². The Kier molecular flexibility index (Phi) is 43.9. The molecule has 0 heterocycles. The first-order chi connectivity index (χ1) is 4.00. The van der Waals surface area contributed by atoms with Crippen LogP contribution in [0.3, 0.4) is 0 Å². The summed E-state index contributed by atoms with van der Waals surface area (Å²) in [7, 11) is -10.8. The first-order valence-electron chi connectivity index (χ1n) is 1.46. The number of phosphoric acid groups is 2. The average Bonchev–Trinajstić information content (AvgIpc) is 1.12. The Morgan fingerprint density at radius 1 is 0.571 bits per heavy atom. The van der Waals surface area contributed by atoms with Crippen molar-refractivity contribution < 1.29 is 38.5 Å². The number of hydrogen-bond acceptors (Lipinski definition) is 8. The molecule has 0 rings (SSSR count). The summed E-state index contributed by atoms with van der Waals surface area (Å²) >= 11 is 0. The van der Waals surface area contributed by atoms with Gasteiger partial charge in [-0.1, -0.05) is 7.43 Å².